The summed E-state index contributed by atoms with van der Waals surface area (Å²) in [5, 5.41) is 3.42. The molecule has 13 heavy (non-hydrogen) atoms. The SMILES string of the molecule is Cc1csc(C2CCC(N)C2)n1.Cl. The van der Waals surface area contributed by atoms with Crippen LogP contribution < -0.4 is 5.73 Å². The van der Waals surface area contributed by atoms with E-state index in [4.69, 9.17) is 5.73 Å². The minimum atomic E-state index is 0. The average Bonchev–Trinajstić information content (AvgIpc) is 2.58. The molecular formula is C9H15ClN2S. The van der Waals surface area contributed by atoms with Crippen LogP contribution >= 0.6 is 23.7 Å². The molecule has 0 radical (unpaired) electrons. The van der Waals surface area contributed by atoms with Crippen molar-refractivity contribution in [3.8, 4) is 0 Å². The molecule has 4 heteroatoms. The lowest BCUT2D eigenvalue weighted by Crippen LogP contribution is -2.14. The van der Waals surface area contributed by atoms with Crippen LogP contribution in [0.4, 0.5) is 0 Å². The van der Waals surface area contributed by atoms with E-state index in [-0.39, 0.29) is 12.4 Å². The topological polar surface area (TPSA) is 38.9 Å². The predicted molar refractivity (Wildman–Crippen MR) is 58.7 cm³/mol. The molecule has 1 aromatic rings. The van der Waals surface area contributed by atoms with Gasteiger partial charge in [0.1, 0.15) is 0 Å². The molecule has 2 atom stereocenters. The van der Waals surface area contributed by atoms with Crippen LogP contribution in [0.5, 0.6) is 0 Å². The highest BCUT2D eigenvalue weighted by molar-refractivity contribution is 7.09. The van der Waals surface area contributed by atoms with E-state index in [2.05, 4.69) is 17.3 Å². The fourth-order valence-electron chi connectivity index (χ4n) is 1.80. The van der Waals surface area contributed by atoms with E-state index in [0.29, 0.717) is 12.0 Å². The van der Waals surface area contributed by atoms with E-state index in [0.717, 1.165) is 12.1 Å². The third kappa shape index (κ3) is 2.42. The van der Waals surface area contributed by atoms with E-state index >= 15 is 0 Å². The largest absolute Gasteiger partial charge is 0.328 e. The van der Waals surface area contributed by atoms with Gasteiger partial charge in [0.2, 0.25) is 0 Å². The van der Waals surface area contributed by atoms with Crippen molar-refractivity contribution in [1.29, 1.82) is 0 Å². The Hall–Kier alpha value is -0.120. The zero-order valence-electron chi connectivity index (χ0n) is 7.69. The van der Waals surface area contributed by atoms with Crippen molar-refractivity contribution in [3.63, 3.8) is 0 Å². The fraction of sp³-hybridized carbons (Fsp3) is 0.667. The molecule has 0 aliphatic heterocycles. The van der Waals surface area contributed by atoms with Crippen LogP contribution in [-0.4, -0.2) is 11.0 Å². The molecule has 2 unspecified atom stereocenters. The number of nitrogens with zero attached hydrogens (tertiary/aromatic N) is 1. The summed E-state index contributed by atoms with van der Waals surface area (Å²) in [5.74, 6) is 0.652. The molecule has 2 N–H and O–H groups in total. The van der Waals surface area contributed by atoms with Gasteiger partial charge in [-0.3, -0.25) is 0 Å². The van der Waals surface area contributed by atoms with Gasteiger partial charge in [-0.2, -0.15) is 0 Å². The van der Waals surface area contributed by atoms with Crippen molar-refractivity contribution in [1.82, 2.24) is 4.98 Å². The van der Waals surface area contributed by atoms with Gasteiger partial charge in [-0.05, 0) is 26.2 Å². The second-order valence-corrected chi connectivity index (χ2v) is 4.49. The highest BCUT2D eigenvalue weighted by Crippen LogP contribution is 2.34. The first-order valence-electron chi connectivity index (χ1n) is 4.43. The summed E-state index contributed by atoms with van der Waals surface area (Å²) in [4.78, 5) is 4.49. The summed E-state index contributed by atoms with van der Waals surface area (Å²) in [6.07, 6.45) is 3.53. The van der Waals surface area contributed by atoms with Crippen molar-refractivity contribution in [2.75, 3.05) is 0 Å². The Kier molecular flexibility index (Phi) is 3.71. The summed E-state index contributed by atoms with van der Waals surface area (Å²) in [5.41, 5.74) is 6.99. The van der Waals surface area contributed by atoms with Gasteiger partial charge in [-0.25, -0.2) is 4.98 Å². The van der Waals surface area contributed by atoms with Crippen LogP contribution in [0.1, 0.15) is 35.9 Å². The molecule has 1 aromatic heterocycles. The number of hydrogen-bond acceptors (Lipinski definition) is 3. The molecule has 1 aliphatic carbocycles. The van der Waals surface area contributed by atoms with Crippen molar-refractivity contribution >= 4 is 23.7 Å². The molecule has 1 fully saturated rings. The normalized spacial score (nSPS) is 27.2. The van der Waals surface area contributed by atoms with Crippen molar-refractivity contribution in [2.24, 2.45) is 5.73 Å². The smallest absolute Gasteiger partial charge is 0.0959 e. The molecule has 0 bridgehead atoms. The predicted octanol–water partition coefficient (Wildman–Crippen LogP) is 2.47. The van der Waals surface area contributed by atoms with Gasteiger partial charge in [0, 0.05) is 23.0 Å². The number of rotatable bonds is 1. The first kappa shape index (κ1) is 11.0. The lowest BCUT2D eigenvalue weighted by atomic mass is 10.1. The van der Waals surface area contributed by atoms with E-state index in [1.54, 1.807) is 11.3 Å². The Morgan fingerprint density at radius 2 is 2.31 bits per heavy atom. The van der Waals surface area contributed by atoms with E-state index in [1.807, 2.05) is 0 Å². The fourth-order valence-corrected chi connectivity index (χ4v) is 2.75. The molecule has 0 saturated heterocycles. The van der Waals surface area contributed by atoms with E-state index in [1.165, 1.54) is 17.8 Å². The molecule has 74 valence electrons. The first-order chi connectivity index (χ1) is 5.75. The Morgan fingerprint density at radius 3 is 2.77 bits per heavy atom. The maximum atomic E-state index is 5.85. The number of nitrogens with two attached hydrogens (primary N) is 1. The number of thiazole rings is 1. The van der Waals surface area contributed by atoms with Gasteiger partial charge in [-0.1, -0.05) is 0 Å². The second-order valence-electron chi connectivity index (χ2n) is 3.60. The molecule has 2 nitrogen and oxygen atoms in total. The van der Waals surface area contributed by atoms with Crippen molar-refractivity contribution in [3.05, 3.63) is 16.1 Å². The molecule has 2 rings (SSSR count). The van der Waals surface area contributed by atoms with Crippen LogP contribution in [0.15, 0.2) is 5.38 Å². The summed E-state index contributed by atoms with van der Waals surface area (Å²) in [6, 6.07) is 0.416. The Bertz CT molecular complexity index is 274. The summed E-state index contributed by atoms with van der Waals surface area (Å²) < 4.78 is 0. The molecule has 0 spiro atoms. The first-order valence-corrected chi connectivity index (χ1v) is 5.31. The van der Waals surface area contributed by atoms with Crippen LogP contribution in [0.2, 0.25) is 0 Å². The van der Waals surface area contributed by atoms with Gasteiger partial charge < -0.3 is 5.73 Å². The average molecular weight is 219 g/mol. The minimum Gasteiger partial charge on any atom is -0.328 e. The van der Waals surface area contributed by atoms with Crippen LogP contribution in [0.25, 0.3) is 0 Å². The Labute approximate surface area is 89.0 Å². The monoisotopic (exact) mass is 218 g/mol. The number of aromatic nitrogens is 1. The van der Waals surface area contributed by atoms with E-state index in [9.17, 15) is 0 Å². The molecule has 1 aliphatic rings. The lowest BCUT2D eigenvalue weighted by Gasteiger charge is -2.03. The molecule has 1 saturated carbocycles. The van der Waals surface area contributed by atoms with Crippen LogP contribution in [-0.2, 0) is 0 Å². The molecule has 0 amide bonds. The maximum absolute atomic E-state index is 5.85. The highest BCUT2D eigenvalue weighted by atomic mass is 35.5. The van der Waals surface area contributed by atoms with Gasteiger partial charge in [0.25, 0.3) is 0 Å². The van der Waals surface area contributed by atoms with Gasteiger partial charge in [-0.15, -0.1) is 23.7 Å². The number of hydrogen-bond donors (Lipinski definition) is 1. The molecule has 0 aromatic carbocycles. The molecule has 1 heterocycles. The summed E-state index contributed by atoms with van der Waals surface area (Å²) >= 11 is 1.78. The third-order valence-corrected chi connectivity index (χ3v) is 3.58. The Balaban J connectivity index is 0.000000845. The van der Waals surface area contributed by atoms with Crippen LogP contribution in [0.3, 0.4) is 0 Å². The standard InChI is InChI=1S/C9H14N2S.ClH/c1-6-5-12-9(11-6)7-2-3-8(10)4-7;/h5,7-8H,2-4,10H2,1H3;1H. The third-order valence-electron chi connectivity index (χ3n) is 2.46. The number of aryl methyl sites for hydroxylation is 1. The zero-order chi connectivity index (χ0) is 8.55. The van der Waals surface area contributed by atoms with Crippen molar-refractivity contribution < 1.29 is 0 Å². The van der Waals surface area contributed by atoms with Crippen molar-refractivity contribution in [2.45, 2.75) is 38.1 Å². The lowest BCUT2D eigenvalue weighted by molar-refractivity contribution is 0.671. The minimum absolute atomic E-state index is 0. The van der Waals surface area contributed by atoms with Gasteiger partial charge in [0.05, 0.1) is 5.01 Å². The summed E-state index contributed by atoms with van der Waals surface area (Å²) in [6.45, 7) is 2.05. The molecular weight excluding hydrogens is 204 g/mol. The zero-order valence-corrected chi connectivity index (χ0v) is 9.33. The quantitative estimate of drug-likeness (QED) is 0.787. The van der Waals surface area contributed by atoms with Gasteiger partial charge >= 0.3 is 0 Å². The highest BCUT2D eigenvalue weighted by Gasteiger charge is 2.24. The van der Waals surface area contributed by atoms with E-state index < -0.39 is 0 Å². The second kappa shape index (κ2) is 4.40. The number of halogens is 1. The maximum Gasteiger partial charge on any atom is 0.0959 e. The van der Waals surface area contributed by atoms with Gasteiger partial charge in [0.15, 0.2) is 0 Å². The van der Waals surface area contributed by atoms with Crippen LogP contribution in [0, 0.1) is 6.92 Å². The Morgan fingerprint density at radius 1 is 1.54 bits per heavy atom. The summed E-state index contributed by atoms with van der Waals surface area (Å²) in [7, 11) is 0.